The number of amides is 2. The van der Waals surface area contributed by atoms with Crippen molar-refractivity contribution in [1.29, 1.82) is 0 Å². The van der Waals surface area contributed by atoms with Crippen LogP contribution < -0.4 is 5.32 Å². The second kappa shape index (κ2) is 7.48. The van der Waals surface area contributed by atoms with Crippen LogP contribution in [-0.4, -0.2) is 48.6 Å². The Balaban J connectivity index is 2.86. The van der Waals surface area contributed by atoms with Crippen molar-refractivity contribution in [2.75, 3.05) is 19.8 Å². The van der Waals surface area contributed by atoms with Crippen LogP contribution in [0.4, 0.5) is 0 Å². The Labute approximate surface area is 115 Å². The highest BCUT2D eigenvalue weighted by molar-refractivity contribution is 5.90. The smallest absolute Gasteiger partial charge is 0.245 e. The van der Waals surface area contributed by atoms with E-state index in [0.29, 0.717) is 38.5 Å². The molecule has 1 saturated heterocycles. The van der Waals surface area contributed by atoms with E-state index in [0.717, 1.165) is 0 Å². The second-order valence-electron chi connectivity index (χ2n) is 5.28. The summed E-state index contributed by atoms with van der Waals surface area (Å²) in [5, 5.41) is 2.79. The van der Waals surface area contributed by atoms with Crippen LogP contribution in [0.1, 0.15) is 40.5 Å². The molecule has 0 aromatic heterocycles. The highest BCUT2D eigenvalue weighted by atomic mass is 16.5. The summed E-state index contributed by atoms with van der Waals surface area (Å²) in [4.78, 5) is 25.9. The Morgan fingerprint density at radius 3 is 2.58 bits per heavy atom. The van der Waals surface area contributed by atoms with Crippen LogP contribution in [0.15, 0.2) is 0 Å². The minimum Gasteiger partial charge on any atom is -0.380 e. The molecule has 2 amide bonds. The number of carbonyl (C=O) groups excluding carboxylic acids is 2. The molecule has 0 radical (unpaired) electrons. The molecule has 19 heavy (non-hydrogen) atoms. The van der Waals surface area contributed by atoms with Crippen molar-refractivity contribution in [1.82, 2.24) is 10.2 Å². The molecule has 110 valence electrons. The summed E-state index contributed by atoms with van der Waals surface area (Å²) in [6.45, 7) is 9.68. The van der Waals surface area contributed by atoms with E-state index in [-0.39, 0.29) is 17.9 Å². The van der Waals surface area contributed by atoms with Gasteiger partial charge in [-0.15, -0.1) is 0 Å². The van der Waals surface area contributed by atoms with Gasteiger partial charge in [-0.25, -0.2) is 0 Å². The summed E-state index contributed by atoms with van der Waals surface area (Å²) in [5.41, 5.74) is 0. The van der Waals surface area contributed by atoms with Gasteiger partial charge in [0.2, 0.25) is 11.8 Å². The quantitative estimate of drug-likeness (QED) is 0.788. The Bertz CT molecular complexity index is 318. The van der Waals surface area contributed by atoms with Crippen LogP contribution in [0.5, 0.6) is 0 Å². The van der Waals surface area contributed by atoms with Crippen molar-refractivity contribution in [3.63, 3.8) is 0 Å². The van der Waals surface area contributed by atoms with Gasteiger partial charge in [-0.2, -0.15) is 0 Å². The third kappa shape index (κ3) is 4.20. The maximum atomic E-state index is 12.5. The molecule has 0 bridgehead atoms. The predicted molar refractivity (Wildman–Crippen MR) is 73.7 cm³/mol. The van der Waals surface area contributed by atoms with E-state index < -0.39 is 6.04 Å². The molecule has 5 nitrogen and oxygen atoms in total. The first-order valence-corrected chi connectivity index (χ1v) is 7.18. The average molecular weight is 270 g/mol. The van der Waals surface area contributed by atoms with Crippen molar-refractivity contribution < 1.29 is 14.3 Å². The number of ether oxygens (including phenoxy) is 1. The van der Waals surface area contributed by atoms with Crippen molar-refractivity contribution in [2.45, 2.75) is 52.6 Å². The van der Waals surface area contributed by atoms with Crippen LogP contribution in [0.2, 0.25) is 0 Å². The molecule has 0 aliphatic carbocycles. The lowest BCUT2D eigenvalue weighted by Gasteiger charge is -2.34. The average Bonchev–Trinajstić information content (AvgIpc) is 2.51. The lowest BCUT2D eigenvalue weighted by Crippen LogP contribution is -2.51. The number of hydrogen-bond acceptors (Lipinski definition) is 3. The molecular weight excluding hydrogens is 244 g/mol. The van der Waals surface area contributed by atoms with Gasteiger partial charge in [0.1, 0.15) is 6.04 Å². The zero-order chi connectivity index (χ0) is 14.4. The van der Waals surface area contributed by atoms with E-state index in [1.807, 2.05) is 18.7 Å². The molecule has 2 atom stereocenters. The van der Waals surface area contributed by atoms with Gasteiger partial charge in [0.25, 0.3) is 0 Å². The molecule has 1 aliphatic rings. The third-order valence-electron chi connectivity index (χ3n) is 3.57. The number of rotatable bonds is 6. The fraction of sp³-hybridized carbons (Fsp3) is 0.857. The SMILES string of the molecule is CCOCC(C(C)C)N1CCC(=O)NC(CC)C1=O. The molecule has 1 fully saturated rings. The number of carbonyl (C=O) groups is 2. The van der Waals surface area contributed by atoms with Gasteiger partial charge in [0, 0.05) is 19.6 Å². The molecule has 1 N–H and O–H groups in total. The zero-order valence-electron chi connectivity index (χ0n) is 12.4. The second-order valence-corrected chi connectivity index (χ2v) is 5.28. The topological polar surface area (TPSA) is 58.6 Å². The summed E-state index contributed by atoms with van der Waals surface area (Å²) >= 11 is 0. The molecule has 0 spiro atoms. The van der Waals surface area contributed by atoms with Crippen LogP contribution in [-0.2, 0) is 14.3 Å². The molecule has 1 aliphatic heterocycles. The molecular formula is C14H26N2O3. The highest BCUT2D eigenvalue weighted by Crippen LogP contribution is 2.16. The van der Waals surface area contributed by atoms with E-state index in [2.05, 4.69) is 19.2 Å². The molecule has 1 heterocycles. The van der Waals surface area contributed by atoms with E-state index >= 15 is 0 Å². The predicted octanol–water partition coefficient (Wildman–Crippen LogP) is 1.17. The van der Waals surface area contributed by atoms with Crippen LogP contribution in [0.25, 0.3) is 0 Å². The fourth-order valence-electron chi connectivity index (χ4n) is 2.35. The Morgan fingerprint density at radius 1 is 1.37 bits per heavy atom. The largest absolute Gasteiger partial charge is 0.380 e. The third-order valence-corrected chi connectivity index (χ3v) is 3.57. The maximum absolute atomic E-state index is 12.5. The molecule has 1 rings (SSSR count). The van der Waals surface area contributed by atoms with Crippen molar-refractivity contribution in [2.24, 2.45) is 5.92 Å². The summed E-state index contributed by atoms with van der Waals surface area (Å²) < 4.78 is 5.50. The molecule has 0 aromatic rings. The molecule has 0 saturated carbocycles. The normalized spacial score (nSPS) is 22.4. The van der Waals surface area contributed by atoms with Crippen LogP contribution >= 0.6 is 0 Å². The Kier molecular flexibility index (Phi) is 6.28. The number of nitrogens with zero attached hydrogens (tertiary/aromatic N) is 1. The number of hydrogen-bond donors (Lipinski definition) is 1. The molecule has 5 heteroatoms. The van der Waals surface area contributed by atoms with Crippen LogP contribution in [0.3, 0.4) is 0 Å². The van der Waals surface area contributed by atoms with E-state index in [1.165, 1.54) is 0 Å². The summed E-state index contributed by atoms with van der Waals surface area (Å²) in [6, 6.07) is -0.355. The monoisotopic (exact) mass is 270 g/mol. The maximum Gasteiger partial charge on any atom is 0.245 e. The highest BCUT2D eigenvalue weighted by Gasteiger charge is 2.34. The van der Waals surface area contributed by atoms with E-state index in [1.54, 1.807) is 0 Å². The summed E-state index contributed by atoms with van der Waals surface area (Å²) in [7, 11) is 0. The van der Waals surface area contributed by atoms with E-state index in [4.69, 9.17) is 4.74 Å². The minimum atomic E-state index is -0.391. The van der Waals surface area contributed by atoms with Gasteiger partial charge in [-0.1, -0.05) is 20.8 Å². The first-order chi connectivity index (χ1) is 9.01. The first-order valence-electron chi connectivity index (χ1n) is 7.18. The van der Waals surface area contributed by atoms with E-state index in [9.17, 15) is 9.59 Å². The first kappa shape index (κ1) is 16.0. The van der Waals surface area contributed by atoms with Gasteiger partial charge in [-0.3, -0.25) is 9.59 Å². The van der Waals surface area contributed by atoms with Crippen molar-refractivity contribution in [3.05, 3.63) is 0 Å². The standard InChI is InChI=1S/C14H26N2O3/c1-5-11-14(18)16(8-7-13(17)15-11)12(10(3)4)9-19-6-2/h10-12H,5-9H2,1-4H3,(H,15,17). The summed E-state index contributed by atoms with van der Waals surface area (Å²) in [6.07, 6.45) is 0.998. The lowest BCUT2D eigenvalue weighted by atomic mass is 10.0. The summed E-state index contributed by atoms with van der Waals surface area (Å²) in [5.74, 6) is 0.287. The van der Waals surface area contributed by atoms with Gasteiger partial charge in [0.05, 0.1) is 12.6 Å². The van der Waals surface area contributed by atoms with Crippen LogP contribution in [0, 0.1) is 5.92 Å². The van der Waals surface area contributed by atoms with Gasteiger partial charge < -0.3 is 15.0 Å². The zero-order valence-corrected chi connectivity index (χ0v) is 12.4. The lowest BCUT2D eigenvalue weighted by molar-refractivity contribution is -0.138. The van der Waals surface area contributed by atoms with Crippen molar-refractivity contribution in [3.8, 4) is 0 Å². The minimum absolute atomic E-state index is 0.0201. The van der Waals surface area contributed by atoms with Gasteiger partial charge in [-0.05, 0) is 19.3 Å². The molecule has 2 unspecified atom stereocenters. The molecule has 0 aromatic carbocycles. The van der Waals surface area contributed by atoms with Gasteiger partial charge >= 0.3 is 0 Å². The Morgan fingerprint density at radius 2 is 2.05 bits per heavy atom. The van der Waals surface area contributed by atoms with Gasteiger partial charge in [0.15, 0.2) is 0 Å². The van der Waals surface area contributed by atoms with Crippen molar-refractivity contribution >= 4 is 11.8 Å². The number of nitrogens with one attached hydrogen (secondary N) is 1. The Hall–Kier alpha value is -1.10. The fourth-order valence-corrected chi connectivity index (χ4v) is 2.35.